The molecule has 0 saturated carbocycles. The molecular weight excluding hydrogens is 192 g/mol. The fourth-order valence-corrected chi connectivity index (χ4v) is 0.456. The van der Waals surface area contributed by atoms with Gasteiger partial charge in [-0.05, 0) is 0 Å². The van der Waals surface area contributed by atoms with Crippen molar-refractivity contribution in [3.63, 3.8) is 0 Å². The topological polar surface area (TPSA) is 71.1 Å². The molecule has 0 aromatic carbocycles. The van der Waals surface area contributed by atoms with E-state index in [1.807, 2.05) is 0 Å². The molecule has 1 saturated heterocycles. The van der Waals surface area contributed by atoms with Gasteiger partial charge in [0.15, 0.2) is 0 Å². The maximum atomic E-state index is 10.1. The Hall–Kier alpha value is -1.98. The molecule has 6 nitrogen and oxygen atoms in total. The smallest absolute Gasteiger partial charge is 0.431 e. The minimum absolute atomic E-state index is 0.416. The number of carbonyl (C=O) groups is 2. The van der Waals surface area contributed by atoms with Crippen LogP contribution in [0.4, 0.5) is 9.59 Å². The Labute approximate surface area is 80.7 Å². The minimum Gasteiger partial charge on any atom is -0.431 e. The lowest BCUT2D eigenvalue weighted by Gasteiger charge is -1.91. The average molecular weight is 202 g/mol. The maximum Gasteiger partial charge on any atom is 0.518 e. The number of hydrogen-bond acceptors (Lipinski definition) is 6. The minimum atomic E-state index is -0.824. The van der Waals surface area contributed by atoms with E-state index in [0.717, 1.165) is 12.5 Å². The van der Waals surface area contributed by atoms with Gasteiger partial charge in [0.05, 0.1) is 12.5 Å². The van der Waals surface area contributed by atoms with E-state index in [2.05, 4.69) is 32.1 Å². The molecule has 0 N–H and O–H groups in total. The van der Waals surface area contributed by atoms with Gasteiger partial charge in [-0.15, -0.1) is 0 Å². The molecular formula is C8H10O6. The Morgan fingerprint density at radius 2 is 1.64 bits per heavy atom. The molecule has 1 rings (SSSR count). The van der Waals surface area contributed by atoms with E-state index < -0.39 is 12.3 Å². The lowest BCUT2D eigenvalue weighted by molar-refractivity contribution is 0.120. The Bertz CT molecular complexity index is 202. The number of hydrogen-bond donors (Lipinski definition) is 0. The van der Waals surface area contributed by atoms with Crippen molar-refractivity contribution in [2.45, 2.75) is 0 Å². The monoisotopic (exact) mass is 202 g/mol. The molecule has 0 aromatic heterocycles. The number of cyclic esters (lactones) is 2. The van der Waals surface area contributed by atoms with Crippen LogP contribution in [0, 0.1) is 0 Å². The van der Waals surface area contributed by atoms with Crippen LogP contribution in [0.15, 0.2) is 25.7 Å². The zero-order valence-electron chi connectivity index (χ0n) is 7.43. The van der Waals surface area contributed by atoms with E-state index in [4.69, 9.17) is 0 Å². The highest BCUT2D eigenvalue weighted by Crippen LogP contribution is 1.92. The van der Waals surface area contributed by atoms with Crippen LogP contribution in [-0.4, -0.2) is 25.5 Å². The number of ether oxygens (including phenoxy) is 4. The van der Waals surface area contributed by atoms with Gasteiger partial charge in [-0.1, -0.05) is 13.2 Å². The van der Waals surface area contributed by atoms with Gasteiger partial charge in [0.2, 0.25) is 0 Å². The van der Waals surface area contributed by atoms with Crippen LogP contribution < -0.4 is 0 Å². The molecule has 6 heteroatoms. The second-order valence-corrected chi connectivity index (χ2v) is 1.77. The van der Waals surface area contributed by atoms with Crippen molar-refractivity contribution >= 4 is 12.3 Å². The van der Waals surface area contributed by atoms with Crippen molar-refractivity contribution in [2.24, 2.45) is 0 Å². The normalized spacial score (nSPS) is 12.4. The summed E-state index contributed by atoms with van der Waals surface area (Å²) in [6.45, 7) is 7.08. The maximum absolute atomic E-state index is 10.1. The molecule has 1 fully saturated rings. The zero-order valence-corrected chi connectivity index (χ0v) is 7.43. The third-order valence-corrected chi connectivity index (χ3v) is 0.882. The van der Waals surface area contributed by atoms with Crippen LogP contribution in [0.3, 0.4) is 0 Å². The van der Waals surface area contributed by atoms with Crippen molar-refractivity contribution in [1.82, 2.24) is 0 Å². The summed E-state index contributed by atoms with van der Waals surface area (Å²) in [6, 6.07) is 0. The fraction of sp³-hybridized carbons (Fsp3) is 0.250. The molecule has 0 aliphatic carbocycles. The van der Waals surface area contributed by atoms with Crippen molar-refractivity contribution in [1.29, 1.82) is 0 Å². The number of rotatable bonds is 2. The first-order valence-corrected chi connectivity index (χ1v) is 3.59. The summed E-state index contributed by atoms with van der Waals surface area (Å²) in [5.41, 5.74) is 0. The van der Waals surface area contributed by atoms with Gasteiger partial charge >= 0.3 is 12.3 Å². The zero-order chi connectivity index (χ0) is 10.8. The van der Waals surface area contributed by atoms with Crippen LogP contribution in [0.2, 0.25) is 0 Å². The van der Waals surface area contributed by atoms with E-state index in [1.54, 1.807) is 0 Å². The summed E-state index contributed by atoms with van der Waals surface area (Å²) in [7, 11) is 0. The molecule has 0 spiro atoms. The highest BCUT2D eigenvalue weighted by molar-refractivity contribution is 5.61. The lowest BCUT2D eigenvalue weighted by Crippen LogP contribution is -1.96. The Morgan fingerprint density at radius 1 is 1.21 bits per heavy atom. The van der Waals surface area contributed by atoms with Gasteiger partial charge in [0.1, 0.15) is 13.2 Å². The molecule has 0 amide bonds. The third kappa shape index (κ3) is 6.71. The van der Waals surface area contributed by atoms with E-state index in [9.17, 15) is 9.59 Å². The van der Waals surface area contributed by atoms with E-state index in [1.165, 1.54) is 0 Å². The van der Waals surface area contributed by atoms with Gasteiger partial charge in [-0.25, -0.2) is 9.59 Å². The standard InChI is InChI=1S/C5H6O3.C3H4O3/c1-3-7-5(6)8-4-2;4-3-5-1-2-6-3/h3-4H,1-2H2;1-2H2. The second kappa shape index (κ2) is 7.66. The van der Waals surface area contributed by atoms with Crippen LogP contribution in [0.1, 0.15) is 0 Å². The molecule has 14 heavy (non-hydrogen) atoms. The first-order valence-electron chi connectivity index (χ1n) is 3.59. The molecule has 0 radical (unpaired) electrons. The van der Waals surface area contributed by atoms with E-state index in [-0.39, 0.29) is 0 Å². The average Bonchev–Trinajstić information content (AvgIpc) is 2.58. The molecule has 0 atom stereocenters. The summed E-state index contributed by atoms with van der Waals surface area (Å²) in [4.78, 5) is 19.9. The summed E-state index contributed by atoms with van der Waals surface area (Å²) < 4.78 is 16.8. The quantitative estimate of drug-likeness (QED) is 0.500. The highest BCUT2D eigenvalue weighted by Gasteiger charge is 2.09. The summed E-state index contributed by atoms with van der Waals surface area (Å²) in [6.07, 6.45) is 0.586. The summed E-state index contributed by atoms with van der Waals surface area (Å²) in [5, 5.41) is 0. The van der Waals surface area contributed by atoms with Crippen LogP contribution in [0.25, 0.3) is 0 Å². The molecule has 0 bridgehead atoms. The van der Waals surface area contributed by atoms with Gasteiger partial charge in [0, 0.05) is 0 Å². The third-order valence-electron chi connectivity index (χ3n) is 0.882. The predicted molar refractivity (Wildman–Crippen MR) is 45.3 cm³/mol. The fourth-order valence-electron chi connectivity index (χ4n) is 0.456. The Balaban J connectivity index is 0.000000249. The van der Waals surface area contributed by atoms with Gasteiger partial charge in [-0.3, -0.25) is 0 Å². The Kier molecular flexibility index (Phi) is 6.57. The van der Waals surface area contributed by atoms with Crippen molar-refractivity contribution < 1.29 is 28.5 Å². The molecule has 1 aliphatic rings. The molecule has 0 aromatic rings. The van der Waals surface area contributed by atoms with Gasteiger partial charge in [0.25, 0.3) is 0 Å². The number of carbonyl (C=O) groups excluding carboxylic acids is 2. The van der Waals surface area contributed by atoms with E-state index >= 15 is 0 Å². The van der Waals surface area contributed by atoms with Crippen LogP contribution in [0.5, 0.6) is 0 Å². The molecule has 0 unspecified atom stereocenters. The highest BCUT2D eigenvalue weighted by atomic mass is 16.8. The second-order valence-electron chi connectivity index (χ2n) is 1.77. The lowest BCUT2D eigenvalue weighted by atomic mass is 10.8. The summed E-state index contributed by atoms with van der Waals surface area (Å²) in [5.74, 6) is 0. The molecule has 78 valence electrons. The van der Waals surface area contributed by atoms with Crippen molar-refractivity contribution in [3.05, 3.63) is 25.7 Å². The van der Waals surface area contributed by atoms with Crippen LogP contribution in [-0.2, 0) is 18.9 Å². The van der Waals surface area contributed by atoms with Crippen molar-refractivity contribution in [3.8, 4) is 0 Å². The first-order chi connectivity index (χ1) is 6.70. The summed E-state index contributed by atoms with van der Waals surface area (Å²) >= 11 is 0. The van der Waals surface area contributed by atoms with Crippen molar-refractivity contribution in [2.75, 3.05) is 13.2 Å². The van der Waals surface area contributed by atoms with Crippen LogP contribution >= 0.6 is 0 Å². The van der Waals surface area contributed by atoms with E-state index in [0.29, 0.717) is 13.2 Å². The Morgan fingerprint density at radius 3 is 1.86 bits per heavy atom. The largest absolute Gasteiger partial charge is 0.518 e. The SMILES string of the molecule is C=COC(=O)OC=C.O=C1OCCO1. The van der Waals surface area contributed by atoms with Gasteiger partial charge < -0.3 is 18.9 Å². The van der Waals surface area contributed by atoms with Gasteiger partial charge in [-0.2, -0.15) is 0 Å². The molecule has 1 aliphatic heterocycles. The first kappa shape index (κ1) is 12.0. The molecule has 1 heterocycles. The predicted octanol–water partition coefficient (Wildman–Crippen LogP) is 1.58.